The third-order valence-corrected chi connectivity index (χ3v) is 3.38. The predicted octanol–water partition coefficient (Wildman–Crippen LogP) is 1.99. The molecule has 0 radical (unpaired) electrons. The average molecular weight is 217 g/mol. The van der Waals surface area contributed by atoms with Gasteiger partial charge in [-0.25, -0.2) is 0 Å². The maximum Gasteiger partial charge on any atom is 0.314 e. The van der Waals surface area contributed by atoms with Crippen molar-refractivity contribution >= 4 is 16.9 Å². The van der Waals surface area contributed by atoms with E-state index in [2.05, 4.69) is 4.98 Å². The number of carboxylic acids is 1. The standard InChI is InChI=1S/C12H11NO3/c14-10-7-3-6-13-9(7)2-1-8(10)12(4-5-12)11(15)16/h1-3,6,13-14H,4-5H2,(H,15,16). The van der Waals surface area contributed by atoms with Gasteiger partial charge in [-0.15, -0.1) is 0 Å². The van der Waals surface area contributed by atoms with Crippen LogP contribution in [-0.4, -0.2) is 21.2 Å². The van der Waals surface area contributed by atoms with E-state index in [1.165, 1.54) is 0 Å². The van der Waals surface area contributed by atoms with Crippen LogP contribution in [0.3, 0.4) is 0 Å². The van der Waals surface area contributed by atoms with E-state index in [0.717, 1.165) is 5.52 Å². The highest BCUT2D eigenvalue weighted by atomic mass is 16.4. The van der Waals surface area contributed by atoms with Crippen LogP contribution in [0.5, 0.6) is 5.75 Å². The Morgan fingerprint density at radius 2 is 2.06 bits per heavy atom. The second kappa shape index (κ2) is 2.78. The van der Waals surface area contributed by atoms with E-state index in [9.17, 15) is 15.0 Å². The first-order chi connectivity index (χ1) is 7.65. The number of aromatic hydroxyl groups is 1. The molecule has 1 fully saturated rings. The minimum atomic E-state index is -0.852. The molecule has 82 valence electrons. The van der Waals surface area contributed by atoms with Crippen molar-refractivity contribution in [1.82, 2.24) is 4.98 Å². The van der Waals surface area contributed by atoms with Gasteiger partial charge in [0, 0.05) is 22.7 Å². The van der Waals surface area contributed by atoms with Crippen LogP contribution in [0, 0.1) is 0 Å². The Hall–Kier alpha value is -1.97. The number of hydrogen-bond acceptors (Lipinski definition) is 2. The molecule has 0 bridgehead atoms. The Bertz CT molecular complexity index is 581. The molecule has 2 aromatic rings. The molecule has 1 aliphatic rings. The summed E-state index contributed by atoms with van der Waals surface area (Å²) in [5.41, 5.74) is 0.504. The Kier molecular flexibility index (Phi) is 1.61. The molecule has 0 unspecified atom stereocenters. The fourth-order valence-corrected chi connectivity index (χ4v) is 2.23. The fraction of sp³-hybridized carbons (Fsp3) is 0.250. The lowest BCUT2D eigenvalue weighted by Gasteiger charge is -2.12. The first-order valence-corrected chi connectivity index (χ1v) is 5.18. The molecular weight excluding hydrogens is 206 g/mol. The number of carboxylic acid groups (broad SMARTS) is 1. The molecule has 4 heteroatoms. The quantitative estimate of drug-likeness (QED) is 0.720. The van der Waals surface area contributed by atoms with Gasteiger partial charge in [0.25, 0.3) is 0 Å². The van der Waals surface area contributed by atoms with Crippen molar-refractivity contribution in [2.24, 2.45) is 0 Å². The molecule has 3 N–H and O–H groups in total. The fourth-order valence-electron chi connectivity index (χ4n) is 2.23. The van der Waals surface area contributed by atoms with Crippen molar-refractivity contribution in [3.8, 4) is 5.75 Å². The maximum atomic E-state index is 11.2. The van der Waals surface area contributed by atoms with Crippen LogP contribution in [0.25, 0.3) is 10.9 Å². The van der Waals surface area contributed by atoms with Crippen molar-refractivity contribution in [2.75, 3.05) is 0 Å². The van der Waals surface area contributed by atoms with Gasteiger partial charge in [0.2, 0.25) is 0 Å². The summed E-state index contributed by atoms with van der Waals surface area (Å²) in [5, 5.41) is 20.0. The molecule has 16 heavy (non-hydrogen) atoms. The Morgan fingerprint density at radius 1 is 1.31 bits per heavy atom. The lowest BCUT2D eigenvalue weighted by atomic mass is 9.94. The summed E-state index contributed by atoms with van der Waals surface area (Å²) in [6.45, 7) is 0. The predicted molar refractivity (Wildman–Crippen MR) is 58.5 cm³/mol. The summed E-state index contributed by atoms with van der Waals surface area (Å²) >= 11 is 0. The molecule has 1 heterocycles. The number of nitrogens with one attached hydrogen (secondary N) is 1. The van der Waals surface area contributed by atoms with Crippen LogP contribution in [0.15, 0.2) is 24.4 Å². The van der Waals surface area contributed by atoms with Crippen LogP contribution in [0.2, 0.25) is 0 Å². The maximum absolute atomic E-state index is 11.2. The van der Waals surface area contributed by atoms with Gasteiger partial charge < -0.3 is 15.2 Å². The highest BCUT2D eigenvalue weighted by Gasteiger charge is 2.53. The van der Waals surface area contributed by atoms with Crippen molar-refractivity contribution in [3.05, 3.63) is 30.0 Å². The highest BCUT2D eigenvalue weighted by Crippen LogP contribution is 2.52. The molecule has 0 aliphatic heterocycles. The summed E-state index contributed by atoms with van der Waals surface area (Å²) in [4.78, 5) is 14.2. The molecule has 4 nitrogen and oxygen atoms in total. The summed E-state index contributed by atoms with van der Waals surface area (Å²) < 4.78 is 0. The molecule has 1 saturated carbocycles. The minimum absolute atomic E-state index is 0.0960. The average Bonchev–Trinajstić information content (AvgIpc) is 2.90. The van der Waals surface area contributed by atoms with Crippen LogP contribution in [0.1, 0.15) is 18.4 Å². The van der Waals surface area contributed by atoms with E-state index in [-0.39, 0.29) is 5.75 Å². The SMILES string of the molecule is O=C(O)C1(c2ccc3[nH]ccc3c2O)CC1. The van der Waals surface area contributed by atoms with Gasteiger partial charge in [0.1, 0.15) is 5.75 Å². The van der Waals surface area contributed by atoms with E-state index >= 15 is 0 Å². The smallest absolute Gasteiger partial charge is 0.314 e. The van der Waals surface area contributed by atoms with E-state index in [0.29, 0.717) is 23.8 Å². The highest BCUT2D eigenvalue weighted by molar-refractivity contribution is 5.92. The van der Waals surface area contributed by atoms with Gasteiger partial charge in [0.05, 0.1) is 5.41 Å². The summed E-state index contributed by atoms with van der Waals surface area (Å²) in [6, 6.07) is 5.27. The first kappa shape index (κ1) is 9.27. The van der Waals surface area contributed by atoms with Crippen molar-refractivity contribution in [2.45, 2.75) is 18.3 Å². The number of carbonyl (C=O) groups is 1. The van der Waals surface area contributed by atoms with Crippen LogP contribution in [-0.2, 0) is 10.2 Å². The van der Waals surface area contributed by atoms with Gasteiger partial charge in [0.15, 0.2) is 0 Å². The number of fused-ring (bicyclic) bond motifs is 1. The molecule has 0 atom stereocenters. The van der Waals surface area contributed by atoms with Crippen molar-refractivity contribution in [3.63, 3.8) is 0 Å². The van der Waals surface area contributed by atoms with Gasteiger partial charge in [-0.2, -0.15) is 0 Å². The molecule has 0 amide bonds. The Balaban J connectivity index is 2.25. The van der Waals surface area contributed by atoms with Crippen molar-refractivity contribution < 1.29 is 15.0 Å². The molecule has 3 rings (SSSR count). The van der Waals surface area contributed by atoms with Gasteiger partial charge in [-0.1, -0.05) is 6.07 Å². The van der Waals surface area contributed by atoms with E-state index in [1.54, 1.807) is 18.3 Å². The second-order valence-corrected chi connectivity index (χ2v) is 4.29. The molecule has 1 aliphatic carbocycles. The third kappa shape index (κ3) is 1.01. The minimum Gasteiger partial charge on any atom is -0.507 e. The molecule has 1 aromatic heterocycles. The van der Waals surface area contributed by atoms with Crippen molar-refractivity contribution in [1.29, 1.82) is 0 Å². The number of benzene rings is 1. The Morgan fingerprint density at radius 3 is 2.69 bits per heavy atom. The van der Waals surface area contributed by atoms with Gasteiger partial charge >= 0.3 is 5.97 Å². The summed E-state index contributed by atoms with van der Waals surface area (Å²) in [6.07, 6.45) is 2.94. The second-order valence-electron chi connectivity index (χ2n) is 4.29. The van der Waals surface area contributed by atoms with Gasteiger partial charge in [-0.05, 0) is 25.0 Å². The number of phenolic OH excluding ortho intramolecular Hbond substituents is 1. The lowest BCUT2D eigenvalue weighted by Crippen LogP contribution is -2.19. The summed E-state index contributed by atoms with van der Waals surface area (Å²) in [7, 11) is 0. The van der Waals surface area contributed by atoms with Crippen LogP contribution >= 0.6 is 0 Å². The van der Waals surface area contributed by atoms with Crippen LogP contribution < -0.4 is 0 Å². The molecule has 1 aromatic carbocycles. The van der Waals surface area contributed by atoms with E-state index in [4.69, 9.17) is 0 Å². The molecule has 0 spiro atoms. The largest absolute Gasteiger partial charge is 0.507 e. The number of rotatable bonds is 2. The topological polar surface area (TPSA) is 73.3 Å². The Labute approximate surface area is 91.5 Å². The first-order valence-electron chi connectivity index (χ1n) is 5.18. The zero-order valence-corrected chi connectivity index (χ0v) is 8.53. The number of aromatic amines is 1. The molecular formula is C12H11NO3. The summed E-state index contributed by atoms with van der Waals surface area (Å²) in [5.74, 6) is -0.753. The normalized spacial score (nSPS) is 17.5. The van der Waals surface area contributed by atoms with E-state index < -0.39 is 11.4 Å². The monoisotopic (exact) mass is 217 g/mol. The number of aliphatic carboxylic acids is 1. The number of aromatic nitrogens is 1. The third-order valence-electron chi connectivity index (χ3n) is 3.38. The van der Waals surface area contributed by atoms with Gasteiger partial charge in [-0.3, -0.25) is 4.79 Å². The number of phenols is 1. The number of H-pyrrole nitrogens is 1. The van der Waals surface area contributed by atoms with E-state index in [1.807, 2.05) is 6.07 Å². The number of hydrogen-bond donors (Lipinski definition) is 3. The lowest BCUT2D eigenvalue weighted by molar-refractivity contribution is -0.140. The van der Waals surface area contributed by atoms with Crippen LogP contribution in [0.4, 0.5) is 0 Å². The zero-order valence-electron chi connectivity index (χ0n) is 8.53. The molecule has 0 saturated heterocycles. The zero-order chi connectivity index (χ0) is 11.3.